The molecule has 0 saturated carbocycles. The van der Waals surface area contributed by atoms with E-state index in [1.165, 1.54) is 15.8 Å². The molecule has 3 aromatic carbocycles. The number of nitrogens with zero attached hydrogens (tertiary/aromatic N) is 4. The molecule has 0 saturated heterocycles. The molecular formula is C36H40N6O4. The molecule has 0 fully saturated rings. The van der Waals surface area contributed by atoms with Crippen LogP contribution in [0.2, 0.25) is 0 Å². The average Bonchev–Trinajstić information content (AvgIpc) is 3.76. The molecule has 3 aromatic heterocycles. The summed E-state index contributed by atoms with van der Waals surface area (Å²) in [6.45, 7) is 6.12. The van der Waals surface area contributed by atoms with E-state index in [0.717, 1.165) is 39.8 Å². The number of para-hydroxylation sites is 2. The van der Waals surface area contributed by atoms with E-state index < -0.39 is 17.7 Å². The number of carbonyl (C=O) groups is 1. The summed E-state index contributed by atoms with van der Waals surface area (Å²) in [4.78, 5) is 21.2. The SMILES string of the molecule is COc1ccc(Cn2c(CCc3c[nH]c4ccccc34)nnc2[C@@H](Cc2c[nH]c3ccccc23)N(C(=O)O)C(C)(C)C)c(OC)c1. The van der Waals surface area contributed by atoms with E-state index in [9.17, 15) is 9.90 Å². The third kappa shape index (κ3) is 6.02. The number of aromatic amines is 2. The highest BCUT2D eigenvalue weighted by Crippen LogP contribution is 2.35. The summed E-state index contributed by atoms with van der Waals surface area (Å²) < 4.78 is 13.3. The molecule has 0 spiro atoms. The monoisotopic (exact) mass is 620 g/mol. The maximum Gasteiger partial charge on any atom is 0.408 e. The number of hydrogen-bond donors (Lipinski definition) is 3. The molecule has 3 N–H and O–H groups in total. The number of benzene rings is 3. The third-order valence-electron chi connectivity index (χ3n) is 8.60. The van der Waals surface area contributed by atoms with Gasteiger partial charge in [-0.3, -0.25) is 4.90 Å². The first kappa shape index (κ1) is 30.8. The van der Waals surface area contributed by atoms with Crippen molar-refractivity contribution < 1.29 is 19.4 Å². The van der Waals surface area contributed by atoms with Gasteiger partial charge in [0.05, 0.1) is 26.8 Å². The van der Waals surface area contributed by atoms with Gasteiger partial charge in [0, 0.05) is 64.2 Å². The van der Waals surface area contributed by atoms with Crippen molar-refractivity contribution in [3.05, 3.63) is 107 Å². The zero-order valence-corrected chi connectivity index (χ0v) is 26.9. The average molecular weight is 621 g/mol. The molecule has 46 heavy (non-hydrogen) atoms. The number of hydrogen-bond acceptors (Lipinski definition) is 5. The number of H-pyrrole nitrogens is 2. The second-order valence-electron chi connectivity index (χ2n) is 12.5. The predicted molar refractivity (Wildman–Crippen MR) is 179 cm³/mol. The van der Waals surface area contributed by atoms with Gasteiger partial charge in [-0.2, -0.15) is 0 Å². The number of aryl methyl sites for hydroxylation is 2. The van der Waals surface area contributed by atoms with Crippen LogP contribution in [-0.4, -0.2) is 60.6 Å². The van der Waals surface area contributed by atoms with Crippen LogP contribution in [0.15, 0.2) is 79.1 Å². The van der Waals surface area contributed by atoms with E-state index in [0.29, 0.717) is 36.7 Å². The Morgan fingerprint density at radius 2 is 1.52 bits per heavy atom. The van der Waals surface area contributed by atoms with Gasteiger partial charge in [-0.05, 0) is 62.6 Å². The van der Waals surface area contributed by atoms with Crippen LogP contribution in [0.1, 0.15) is 55.2 Å². The highest BCUT2D eigenvalue weighted by atomic mass is 16.5. The Bertz CT molecular complexity index is 1980. The van der Waals surface area contributed by atoms with E-state index in [1.54, 1.807) is 14.2 Å². The van der Waals surface area contributed by atoms with Gasteiger partial charge >= 0.3 is 6.09 Å². The lowest BCUT2D eigenvalue weighted by atomic mass is 9.97. The zero-order chi connectivity index (χ0) is 32.4. The standard InChI is InChI=1S/C36H40N6O4/c1-36(2,3)42(35(43)44)31(18-25-21-38-30-13-9-7-11-28(25)30)34-40-39-33(17-15-23-20-37-29-12-8-6-10-27(23)29)41(34)22-24-14-16-26(45-4)19-32(24)46-5/h6-14,16,19-21,31,37-38H,15,17-18,22H2,1-5H3,(H,43,44)/t31-/m1/s1. The number of fused-ring (bicyclic) bond motifs is 2. The van der Waals surface area contributed by atoms with Gasteiger partial charge in [0.25, 0.3) is 0 Å². The van der Waals surface area contributed by atoms with E-state index in [2.05, 4.69) is 32.7 Å². The normalized spacial score (nSPS) is 12.5. The number of amides is 1. The largest absolute Gasteiger partial charge is 0.497 e. The minimum Gasteiger partial charge on any atom is -0.497 e. The summed E-state index contributed by atoms with van der Waals surface area (Å²) in [5, 5.41) is 22.4. The summed E-state index contributed by atoms with van der Waals surface area (Å²) in [7, 11) is 3.26. The van der Waals surface area contributed by atoms with Crippen LogP contribution < -0.4 is 9.47 Å². The van der Waals surface area contributed by atoms with Crippen molar-refractivity contribution in [3.8, 4) is 11.5 Å². The Morgan fingerprint density at radius 1 is 0.870 bits per heavy atom. The van der Waals surface area contributed by atoms with Crippen molar-refractivity contribution in [1.29, 1.82) is 0 Å². The Hall–Kier alpha value is -5.25. The van der Waals surface area contributed by atoms with Crippen molar-refractivity contribution in [3.63, 3.8) is 0 Å². The number of methoxy groups -OCH3 is 2. The number of aromatic nitrogens is 5. The van der Waals surface area contributed by atoms with Crippen molar-refractivity contribution in [2.24, 2.45) is 0 Å². The number of carboxylic acid groups (broad SMARTS) is 1. The first-order valence-corrected chi connectivity index (χ1v) is 15.4. The first-order valence-electron chi connectivity index (χ1n) is 15.4. The topological polar surface area (TPSA) is 121 Å². The van der Waals surface area contributed by atoms with Crippen molar-refractivity contribution in [2.45, 2.75) is 58.2 Å². The smallest absolute Gasteiger partial charge is 0.408 e. The fourth-order valence-corrected chi connectivity index (χ4v) is 6.39. The maximum absolute atomic E-state index is 13.0. The quantitative estimate of drug-likeness (QED) is 0.141. The minimum absolute atomic E-state index is 0.390. The molecule has 238 valence electrons. The lowest BCUT2D eigenvalue weighted by molar-refractivity contribution is 0.0656. The van der Waals surface area contributed by atoms with E-state index in [4.69, 9.17) is 19.7 Å². The Morgan fingerprint density at radius 3 is 2.15 bits per heavy atom. The Kier molecular flexibility index (Phi) is 8.44. The fourth-order valence-electron chi connectivity index (χ4n) is 6.39. The molecule has 0 unspecified atom stereocenters. The van der Waals surface area contributed by atoms with Gasteiger partial charge in [0.15, 0.2) is 5.82 Å². The third-order valence-corrected chi connectivity index (χ3v) is 8.60. The summed E-state index contributed by atoms with van der Waals surface area (Å²) in [5.41, 5.74) is 4.46. The van der Waals surface area contributed by atoms with Crippen LogP contribution in [0.3, 0.4) is 0 Å². The van der Waals surface area contributed by atoms with Gasteiger partial charge in [0.2, 0.25) is 0 Å². The van der Waals surface area contributed by atoms with Crippen LogP contribution in [0.25, 0.3) is 21.8 Å². The second-order valence-corrected chi connectivity index (χ2v) is 12.5. The fraction of sp³-hybridized carbons (Fsp3) is 0.306. The molecule has 0 radical (unpaired) electrons. The van der Waals surface area contributed by atoms with Crippen molar-refractivity contribution in [1.82, 2.24) is 29.6 Å². The maximum atomic E-state index is 13.0. The molecule has 0 aliphatic rings. The lowest BCUT2D eigenvalue weighted by Gasteiger charge is -2.39. The molecular weight excluding hydrogens is 580 g/mol. The van der Waals surface area contributed by atoms with Crippen LogP contribution in [0, 0.1) is 0 Å². The molecule has 10 heteroatoms. The summed E-state index contributed by atoms with van der Waals surface area (Å²) in [6, 6.07) is 21.4. The molecule has 10 nitrogen and oxygen atoms in total. The minimum atomic E-state index is -1.02. The molecule has 0 bridgehead atoms. The van der Waals surface area contributed by atoms with Gasteiger partial charge in [-0.25, -0.2) is 4.79 Å². The first-order chi connectivity index (χ1) is 22.2. The molecule has 1 amide bonds. The number of nitrogens with one attached hydrogen (secondary N) is 2. The number of rotatable bonds is 11. The Labute approximate surface area is 268 Å². The van der Waals surface area contributed by atoms with Crippen molar-refractivity contribution >= 4 is 27.9 Å². The van der Waals surface area contributed by atoms with Crippen molar-refractivity contribution in [2.75, 3.05) is 14.2 Å². The molecule has 6 rings (SSSR count). The molecule has 3 heterocycles. The zero-order valence-electron chi connectivity index (χ0n) is 26.9. The summed E-state index contributed by atoms with van der Waals surface area (Å²) in [5.74, 6) is 2.70. The van der Waals surface area contributed by atoms with E-state index in [1.807, 2.05) is 81.7 Å². The molecule has 0 aliphatic heterocycles. The molecule has 0 aliphatic carbocycles. The van der Waals surface area contributed by atoms with Crippen LogP contribution in [0.4, 0.5) is 4.79 Å². The van der Waals surface area contributed by atoms with E-state index >= 15 is 0 Å². The second kappa shape index (κ2) is 12.6. The Balaban J connectivity index is 1.47. The summed E-state index contributed by atoms with van der Waals surface area (Å²) >= 11 is 0. The van der Waals surface area contributed by atoms with Crippen LogP contribution in [-0.2, 0) is 25.8 Å². The lowest BCUT2D eigenvalue weighted by Crippen LogP contribution is -2.48. The van der Waals surface area contributed by atoms with Gasteiger partial charge in [-0.1, -0.05) is 36.4 Å². The van der Waals surface area contributed by atoms with Gasteiger partial charge in [0.1, 0.15) is 17.3 Å². The van der Waals surface area contributed by atoms with E-state index in [-0.39, 0.29) is 0 Å². The predicted octanol–water partition coefficient (Wildman–Crippen LogP) is 7.15. The molecule has 6 aromatic rings. The molecule has 1 atom stereocenters. The highest BCUT2D eigenvalue weighted by molar-refractivity contribution is 5.84. The van der Waals surface area contributed by atoms with Crippen LogP contribution >= 0.6 is 0 Å². The van der Waals surface area contributed by atoms with Gasteiger partial charge < -0.3 is 29.1 Å². The van der Waals surface area contributed by atoms with Crippen LogP contribution in [0.5, 0.6) is 11.5 Å². The highest BCUT2D eigenvalue weighted by Gasteiger charge is 2.38. The van der Waals surface area contributed by atoms with Gasteiger partial charge in [-0.15, -0.1) is 10.2 Å². The number of ether oxygens (including phenoxy) is 2. The summed E-state index contributed by atoms with van der Waals surface area (Å²) in [6.07, 6.45) is 4.74.